The summed E-state index contributed by atoms with van der Waals surface area (Å²) in [6.45, 7) is 5.93. The van der Waals surface area contributed by atoms with Crippen LogP contribution < -0.4 is 9.64 Å². The standard InChI is InChI=1S/C29H22Cl2N2O4S/c1-13-8-14(2)24-22(9-13)38-29(32-24)33-25(16-4-6-19(30)20(31)12-16)23(27(35)28(33)36)26(34)17-5-7-21-18(11-17)10-15(3)37-21/h4-9,11-12,15,25,34H,10H2,1-3H3/b26-23+/t15-,25+/m0/s1. The summed E-state index contributed by atoms with van der Waals surface area (Å²) in [6, 6.07) is 13.3. The van der Waals surface area contributed by atoms with Crippen LogP contribution in [-0.4, -0.2) is 27.9 Å². The predicted molar refractivity (Wildman–Crippen MR) is 151 cm³/mol. The van der Waals surface area contributed by atoms with Gasteiger partial charge < -0.3 is 9.84 Å². The number of aryl methyl sites for hydroxylation is 2. The summed E-state index contributed by atoms with van der Waals surface area (Å²) in [5.74, 6) is -1.09. The predicted octanol–water partition coefficient (Wildman–Crippen LogP) is 7.17. The Morgan fingerprint density at radius 2 is 1.87 bits per heavy atom. The highest BCUT2D eigenvalue weighted by atomic mass is 35.5. The lowest BCUT2D eigenvalue weighted by atomic mass is 9.94. The molecule has 0 spiro atoms. The molecule has 1 N–H and O–H groups in total. The summed E-state index contributed by atoms with van der Waals surface area (Å²) in [7, 11) is 0. The van der Waals surface area contributed by atoms with E-state index in [0.717, 1.165) is 32.7 Å². The van der Waals surface area contributed by atoms with E-state index in [2.05, 4.69) is 0 Å². The fourth-order valence-electron chi connectivity index (χ4n) is 5.21. The van der Waals surface area contributed by atoms with Crippen molar-refractivity contribution in [2.75, 3.05) is 4.90 Å². The minimum absolute atomic E-state index is 0.0234. The maximum atomic E-state index is 13.6. The van der Waals surface area contributed by atoms with Crippen molar-refractivity contribution in [2.45, 2.75) is 39.3 Å². The van der Waals surface area contributed by atoms with Crippen molar-refractivity contribution < 1.29 is 19.4 Å². The summed E-state index contributed by atoms with van der Waals surface area (Å²) in [5, 5.41) is 12.5. The zero-order valence-corrected chi connectivity index (χ0v) is 23.0. The number of carbonyl (C=O) groups excluding carboxylic acids is 2. The van der Waals surface area contributed by atoms with E-state index in [9.17, 15) is 14.7 Å². The lowest BCUT2D eigenvalue weighted by molar-refractivity contribution is -0.132. The third-order valence-electron chi connectivity index (χ3n) is 6.90. The van der Waals surface area contributed by atoms with Gasteiger partial charge in [-0.2, -0.15) is 0 Å². The molecule has 6 rings (SSSR count). The number of aliphatic hydroxyl groups excluding tert-OH is 1. The topological polar surface area (TPSA) is 79.7 Å². The van der Waals surface area contributed by atoms with Gasteiger partial charge in [0, 0.05) is 12.0 Å². The highest BCUT2D eigenvalue weighted by Gasteiger charge is 2.48. The second kappa shape index (κ2) is 9.12. The van der Waals surface area contributed by atoms with Crippen LogP contribution in [0.15, 0.2) is 54.1 Å². The van der Waals surface area contributed by atoms with E-state index < -0.39 is 17.7 Å². The van der Waals surface area contributed by atoms with E-state index in [1.54, 1.807) is 36.4 Å². The minimum atomic E-state index is -0.949. The molecule has 0 unspecified atom stereocenters. The zero-order valence-electron chi connectivity index (χ0n) is 20.7. The van der Waals surface area contributed by atoms with Gasteiger partial charge in [0.15, 0.2) is 5.13 Å². The van der Waals surface area contributed by atoms with E-state index in [4.69, 9.17) is 32.9 Å². The number of benzene rings is 3. The van der Waals surface area contributed by atoms with Crippen LogP contribution in [0.4, 0.5) is 5.13 Å². The molecule has 1 saturated heterocycles. The second-order valence-electron chi connectivity index (χ2n) is 9.72. The SMILES string of the molecule is Cc1cc(C)c2nc(N3C(=O)C(=O)/C(=C(/O)c4ccc5c(c4)C[C@H](C)O5)[C@H]3c3ccc(Cl)c(Cl)c3)sc2c1. The third-order valence-corrected chi connectivity index (χ3v) is 8.64. The molecule has 38 heavy (non-hydrogen) atoms. The number of nitrogens with zero attached hydrogens (tertiary/aromatic N) is 2. The third kappa shape index (κ3) is 3.97. The molecule has 1 amide bonds. The Morgan fingerprint density at radius 3 is 2.63 bits per heavy atom. The van der Waals surface area contributed by atoms with Gasteiger partial charge in [0.1, 0.15) is 17.6 Å². The van der Waals surface area contributed by atoms with Gasteiger partial charge in [0.2, 0.25) is 0 Å². The highest BCUT2D eigenvalue weighted by molar-refractivity contribution is 7.22. The number of rotatable bonds is 3. The number of hydrogen-bond donors (Lipinski definition) is 1. The fraction of sp³-hybridized carbons (Fsp3) is 0.207. The molecule has 3 aromatic carbocycles. The normalized spacial score (nSPS) is 20.3. The van der Waals surface area contributed by atoms with Crippen LogP contribution in [0.5, 0.6) is 5.75 Å². The van der Waals surface area contributed by atoms with Gasteiger partial charge in [-0.15, -0.1) is 0 Å². The summed E-state index contributed by atoms with van der Waals surface area (Å²) >= 11 is 13.9. The molecule has 2 atom stereocenters. The molecule has 1 fully saturated rings. The maximum absolute atomic E-state index is 13.6. The molecule has 2 aliphatic heterocycles. The van der Waals surface area contributed by atoms with Gasteiger partial charge in [-0.25, -0.2) is 4.98 Å². The van der Waals surface area contributed by atoms with Crippen LogP contribution in [0, 0.1) is 13.8 Å². The number of hydrogen-bond acceptors (Lipinski definition) is 6. The first-order valence-electron chi connectivity index (χ1n) is 12.1. The van der Waals surface area contributed by atoms with Crippen LogP contribution in [0.1, 0.15) is 40.8 Å². The molecule has 4 aromatic rings. The van der Waals surface area contributed by atoms with Gasteiger partial charge in [-0.3, -0.25) is 14.5 Å². The fourth-order valence-corrected chi connectivity index (χ4v) is 6.69. The van der Waals surface area contributed by atoms with Crippen LogP contribution in [-0.2, 0) is 16.0 Å². The number of aromatic nitrogens is 1. The average molecular weight is 565 g/mol. The lowest BCUT2D eigenvalue weighted by Crippen LogP contribution is -2.29. The van der Waals surface area contributed by atoms with Gasteiger partial charge in [-0.1, -0.05) is 46.7 Å². The average Bonchev–Trinajstić information content (AvgIpc) is 3.53. The first-order valence-corrected chi connectivity index (χ1v) is 13.6. The Morgan fingerprint density at radius 1 is 1.08 bits per heavy atom. The van der Waals surface area contributed by atoms with E-state index in [1.165, 1.54) is 16.2 Å². The van der Waals surface area contributed by atoms with Crippen LogP contribution in [0.3, 0.4) is 0 Å². The van der Waals surface area contributed by atoms with Crippen molar-refractivity contribution in [1.82, 2.24) is 4.98 Å². The Bertz CT molecular complexity index is 1710. The molecule has 3 heterocycles. The number of halogens is 2. The lowest BCUT2D eigenvalue weighted by Gasteiger charge is -2.23. The number of amides is 1. The van der Waals surface area contributed by atoms with E-state index in [-0.39, 0.29) is 22.5 Å². The Hall–Kier alpha value is -3.39. The molecule has 0 aliphatic carbocycles. The van der Waals surface area contributed by atoms with Crippen molar-refractivity contribution in [2.24, 2.45) is 0 Å². The zero-order chi connectivity index (χ0) is 26.9. The van der Waals surface area contributed by atoms with Crippen LogP contribution in [0.25, 0.3) is 16.0 Å². The molecule has 2 aliphatic rings. The minimum Gasteiger partial charge on any atom is -0.507 e. The molecule has 0 saturated carbocycles. The number of ether oxygens (including phenoxy) is 1. The van der Waals surface area contributed by atoms with E-state index >= 15 is 0 Å². The van der Waals surface area contributed by atoms with Crippen LogP contribution in [0.2, 0.25) is 10.0 Å². The van der Waals surface area contributed by atoms with Gasteiger partial charge >= 0.3 is 5.91 Å². The van der Waals surface area contributed by atoms with Gasteiger partial charge in [0.05, 0.1) is 31.9 Å². The number of ketones is 1. The maximum Gasteiger partial charge on any atom is 0.301 e. The Kier molecular flexibility index (Phi) is 5.98. The highest BCUT2D eigenvalue weighted by Crippen LogP contribution is 2.46. The summed E-state index contributed by atoms with van der Waals surface area (Å²) in [6.07, 6.45) is 0.709. The van der Waals surface area contributed by atoms with Gasteiger partial charge in [-0.05, 0) is 79.4 Å². The molecule has 9 heteroatoms. The van der Waals surface area contributed by atoms with Crippen molar-refractivity contribution in [3.05, 3.63) is 92.0 Å². The molecular weight excluding hydrogens is 543 g/mol. The number of fused-ring (bicyclic) bond motifs is 2. The molecule has 192 valence electrons. The second-order valence-corrected chi connectivity index (χ2v) is 11.5. The number of thiazole rings is 1. The first kappa shape index (κ1) is 24.9. The molecule has 0 radical (unpaired) electrons. The van der Waals surface area contributed by atoms with Crippen molar-refractivity contribution >= 4 is 67.3 Å². The number of Topliss-reactive ketones (excluding diaryl/α,β-unsaturated/α-hetero) is 1. The van der Waals surface area contributed by atoms with Gasteiger partial charge in [0.25, 0.3) is 5.78 Å². The molecular formula is C29H22Cl2N2O4S. The number of anilines is 1. The monoisotopic (exact) mass is 564 g/mol. The first-order chi connectivity index (χ1) is 18.1. The quantitative estimate of drug-likeness (QED) is 0.162. The smallest absolute Gasteiger partial charge is 0.301 e. The van der Waals surface area contributed by atoms with Crippen molar-refractivity contribution in [3.8, 4) is 5.75 Å². The van der Waals surface area contributed by atoms with E-state index in [0.29, 0.717) is 27.7 Å². The van der Waals surface area contributed by atoms with Crippen molar-refractivity contribution in [3.63, 3.8) is 0 Å². The summed E-state index contributed by atoms with van der Waals surface area (Å²) < 4.78 is 6.68. The van der Waals surface area contributed by atoms with E-state index in [1.807, 2.05) is 32.9 Å². The van der Waals surface area contributed by atoms with Crippen molar-refractivity contribution in [1.29, 1.82) is 0 Å². The Labute approximate surface area is 233 Å². The van der Waals surface area contributed by atoms with Crippen LogP contribution >= 0.6 is 34.5 Å². The summed E-state index contributed by atoms with van der Waals surface area (Å²) in [4.78, 5) is 33.2. The Balaban J connectivity index is 1.56. The number of aliphatic hydroxyl groups is 1. The largest absolute Gasteiger partial charge is 0.507 e. The molecule has 0 bridgehead atoms. The molecule has 6 nitrogen and oxygen atoms in total. The molecule has 1 aromatic heterocycles. The summed E-state index contributed by atoms with van der Waals surface area (Å²) in [5.41, 5.74) is 4.66. The number of carbonyl (C=O) groups is 2.